The lowest BCUT2D eigenvalue weighted by atomic mass is 10.2. The summed E-state index contributed by atoms with van der Waals surface area (Å²) in [4.78, 5) is 4.78. The van der Waals surface area contributed by atoms with Crippen molar-refractivity contribution in [3.8, 4) is 5.75 Å². The largest absolute Gasteiger partial charge is 0.493 e. The average Bonchev–Trinajstić information content (AvgIpc) is 3.18. The highest BCUT2D eigenvalue weighted by Gasteiger charge is 2.19. The van der Waals surface area contributed by atoms with Crippen LogP contribution in [-0.2, 0) is 0 Å². The molecule has 4 rings (SSSR count). The van der Waals surface area contributed by atoms with Crippen molar-refractivity contribution in [2.24, 2.45) is 5.16 Å². The van der Waals surface area contributed by atoms with Gasteiger partial charge in [-0.2, -0.15) is 5.10 Å². The van der Waals surface area contributed by atoms with E-state index in [9.17, 15) is 0 Å². The molecule has 31 heavy (non-hydrogen) atoms. The molecule has 0 unspecified atom stereocenters. The highest BCUT2D eigenvalue weighted by molar-refractivity contribution is 6.43. The summed E-state index contributed by atoms with van der Waals surface area (Å²) in [5.41, 5.74) is 2.60. The standard InChI is InChI=1S/C22H25Cl2N5O2/c23-19-4-3-5-20(22(19)24)28-11-9-27(10-12-28)7-1-2-13-31-18-6-8-29-21(14-18)17(15-25-29)16-26-30/h3-6,8,14-16,30H,1-2,7,9-13H2/b26-16-. The van der Waals surface area contributed by atoms with Crippen LogP contribution in [0.2, 0.25) is 10.0 Å². The highest BCUT2D eigenvalue weighted by atomic mass is 35.5. The van der Waals surface area contributed by atoms with Gasteiger partial charge in [0.2, 0.25) is 0 Å². The zero-order valence-corrected chi connectivity index (χ0v) is 18.6. The van der Waals surface area contributed by atoms with E-state index >= 15 is 0 Å². The molecule has 3 heterocycles. The van der Waals surface area contributed by atoms with Crippen LogP contribution < -0.4 is 9.64 Å². The molecule has 7 nitrogen and oxygen atoms in total. The molecule has 1 aliphatic heterocycles. The minimum atomic E-state index is 0.603. The van der Waals surface area contributed by atoms with E-state index in [0.29, 0.717) is 16.7 Å². The first-order valence-corrected chi connectivity index (χ1v) is 11.1. The summed E-state index contributed by atoms with van der Waals surface area (Å²) in [6, 6.07) is 9.59. The molecule has 0 radical (unpaired) electrons. The van der Waals surface area contributed by atoms with E-state index in [4.69, 9.17) is 33.1 Å². The topological polar surface area (TPSA) is 65.6 Å². The lowest BCUT2D eigenvalue weighted by Crippen LogP contribution is -2.46. The normalized spacial score (nSPS) is 15.2. The molecule has 1 saturated heterocycles. The molecule has 0 aliphatic carbocycles. The van der Waals surface area contributed by atoms with Crippen molar-refractivity contribution in [3.63, 3.8) is 0 Å². The molecule has 1 fully saturated rings. The summed E-state index contributed by atoms with van der Waals surface area (Å²) in [6.45, 7) is 5.63. The number of piperazine rings is 1. The van der Waals surface area contributed by atoms with Crippen LogP contribution in [0, 0.1) is 0 Å². The van der Waals surface area contributed by atoms with Gasteiger partial charge in [0, 0.05) is 44.0 Å². The third-order valence-corrected chi connectivity index (χ3v) is 6.31. The lowest BCUT2D eigenvalue weighted by Gasteiger charge is -2.36. The van der Waals surface area contributed by atoms with Gasteiger partial charge in [0.1, 0.15) is 5.75 Å². The molecule has 0 atom stereocenters. The smallest absolute Gasteiger partial charge is 0.123 e. The van der Waals surface area contributed by atoms with Gasteiger partial charge < -0.3 is 14.8 Å². The van der Waals surface area contributed by atoms with Gasteiger partial charge in [-0.05, 0) is 37.6 Å². The van der Waals surface area contributed by atoms with Gasteiger partial charge in [-0.15, -0.1) is 0 Å². The van der Waals surface area contributed by atoms with Crippen LogP contribution in [0.4, 0.5) is 5.69 Å². The molecule has 0 amide bonds. The molecule has 164 valence electrons. The second-order valence-corrected chi connectivity index (χ2v) is 8.28. The minimum Gasteiger partial charge on any atom is -0.493 e. The van der Waals surface area contributed by atoms with Crippen molar-refractivity contribution in [1.29, 1.82) is 0 Å². The van der Waals surface area contributed by atoms with Crippen molar-refractivity contribution >= 4 is 40.6 Å². The van der Waals surface area contributed by atoms with Gasteiger partial charge in [0.15, 0.2) is 0 Å². The fourth-order valence-corrected chi connectivity index (χ4v) is 4.22. The number of rotatable bonds is 8. The van der Waals surface area contributed by atoms with Crippen LogP contribution >= 0.6 is 23.2 Å². The van der Waals surface area contributed by atoms with Gasteiger partial charge in [-0.3, -0.25) is 4.90 Å². The summed E-state index contributed by atoms with van der Waals surface area (Å²) in [6.07, 6.45) is 6.92. The maximum absolute atomic E-state index is 8.75. The number of ether oxygens (including phenoxy) is 1. The Morgan fingerprint density at radius 3 is 2.77 bits per heavy atom. The molecule has 1 aliphatic rings. The van der Waals surface area contributed by atoms with Crippen molar-refractivity contribution in [2.45, 2.75) is 12.8 Å². The molecule has 9 heteroatoms. The van der Waals surface area contributed by atoms with Crippen LogP contribution in [0.25, 0.3) is 5.52 Å². The first kappa shape index (κ1) is 21.7. The van der Waals surface area contributed by atoms with Gasteiger partial charge in [-0.1, -0.05) is 34.4 Å². The third kappa shape index (κ3) is 5.23. The monoisotopic (exact) mass is 461 g/mol. The number of benzene rings is 1. The summed E-state index contributed by atoms with van der Waals surface area (Å²) in [7, 11) is 0. The Morgan fingerprint density at radius 1 is 1.13 bits per heavy atom. The van der Waals surface area contributed by atoms with Gasteiger partial charge in [0.05, 0.1) is 40.3 Å². The molecule has 0 spiro atoms. The van der Waals surface area contributed by atoms with Crippen LogP contribution in [-0.4, -0.2) is 65.3 Å². The number of aromatic nitrogens is 2. The van der Waals surface area contributed by atoms with Crippen LogP contribution in [0.5, 0.6) is 5.75 Å². The maximum atomic E-state index is 8.75. The number of nitrogens with zero attached hydrogens (tertiary/aromatic N) is 5. The Bertz CT molecular complexity index is 1050. The second kappa shape index (κ2) is 10.2. The molecule has 1 aromatic carbocycles. The maximum Gasteiger partial charge on any atom is 0.123 e. The Hall–Kier alpha value is -2.48. The predicted octanol–water partition coefficient (Wildman–Crippen LogP) is 4.43. The summed E-state index contributed by atoms with van der Waals surface area (Å²) < 4.78 is 7.63. The fourth-order valence-electron chi connectivity index (χ4n) is 3.81. The first-order valence-electron chi connectivity index (χ1n) is 10.3. The number of halogens is 2. The molecule has 0 saturated carbocycles. The Labute approximate surface area is 191 Å². The zero-order valence-electron chi connectivity index (χ0n) is 17.1. The number of anilines is 1. The minimum absolute atomic E-state index is 0.603. The highest BCUT2D eigenvalue weighted by Crippen LogP contribution is 2.32. The van der Waals surface area contributed by atoms with Crippen LogP contribution in [0.3, 0.4) is 0 Å². The van der Waals surface area contributed by atoms with E-state index in [1.165, 1.54) is 6.21 Å². The van der Waals surface area contributed by atoms with E-state index in [1.54, 1.807) is 10.7 Å². The summed E-state index contributed by atoms with van der Waals surface area (Å²) in [5, 5.41) is 17.3. The van der Waals surface area contributed by atoms with Crippen molar-refractivity contribution < 1.29 is 9.94 Å². The van der Waals surface area contributed by atoms with Gasteiger partial charge in [0.25, 0.3) is 0 Å². The van der Waals surface area contributed by atoms with E-state index in [-0.39, 0.29) is 0 Å². The van der Waals surface area contributed by atoms with E-state index in [2.05, 4.69) is 20.1 Å². The van der Waals surface area contributed by atoms with Gasteiger partial charge >= 0.3 is 0 Å². The van der Waals surface area contributed by atoms with E-state index in [1.807, 2.05) is 36.5 Å². The molecule has 1 N–H and O–H groups in total. The number of unbranched alkanes of at least 4 members (excludes halogenated alkanes) is 1. The summed E-state index contributed by atoms with van der Waals surface area (Å²) in [5.74, 6) is 0.785. The number of fused-ring (bicyclic) bond motifs is 1. The average molecular weight is 462 g/mol. The lowest BCUT2D eigenvalue weighted by molar-refractivity contribution is 0.238. The Balaban J connectivity index is 1.19. The molecular weight excluding hydrogens is 437 g/mol. The fraction of sp³-hybridized carbons (Fsp3) is 0.364. The first-order chi connectivity index (χ1) is 15.2. The SMILES string of the molecule is O/N=C\c1cnn2ccc(OCCCCN3CCN(c4cccc(Cl)c4Cl)CC3)cc12. The van der Waals surface area contributed by atoms with E-state index < -0.39 is 0 Å². The third-order valence-electron chi connectivity index (χ3n) is 5.50. The van der Waals surface area contributed by atoms with Crippen molar-refractivity contribution in [1.82, 2.24) is 14.5 Å². The Kier molecular flexibility index (Phi) is 7.17. The molecule has 3 aromatic rings. The van der Waals surface area contributed by atoms with Crippen LogP contribution in [0.15, 0.2) is 47.9 Å². The van der Waals surface area contributed by atoms with Gasteiger partial charge in [-0.25, -0.2) is 4.52 Å². The number of hydrogen-bond donors (Lipinski definition) is 1. The number of oxime groups is 1. The van der Waals surface area contributed by atoms with E-state index in [0.717, 1.165) is 68.1 Å². The number of hydrogen-bond acceptors (Lipinski definition) is 6. The number of pyridine rings is 1. The Morgan fingerprint density at radius 2 is 1.97 bits per heavy atom. The quantitative estimate of drug-likeness (QED) is 0.232. The molecular formula is C22H25Cl2N5O2. The van der Waals surface area contributed by atoms with Crippen molar-refractivity contribution in [3.05, 3.63) is 58.3 Å². The van der Waals surface area contributed by atoms with Crippen molar-refractivity contribution in [2.75, 3.05) is 44.2 Å². The predicted molar refractivity (Wildman–Crippen MR) is 124 cm³/mol. The second-order valence-electron chi connectivity index (χ2n) is 7.49. The van der Waals surface area contributed by atoms with Crippen LogP contribution in [0.1, 0.15) is 18.4 Å². The zero-order chi connectivity index (χ0) is 21.6. The molecule has 2 aromatic heterocycles. The molecule has 0 bridgehead atoms. The summed E-state index contributed by atoms with van der Waals surface area (Å²) >= 11 is 12.5.